The van der Waals surface area contributed by atoms with Crippen molar-refractivity contribution in [3.63, 3.8) is 0 Å². The van der Waals surface area contributed by atoms with Crippen LogP contribution in [0.1, 0.15) is 11.6 Å². The first-order chi connectivity index (χ1) is 6.84. The highest BCUT2D eigenvalue weighted by Gasteiger charge is 2.40. The number of para-hydroxylation sites is 1. The second-order valence-corrected chi connectivity index (χ2v) is 3.41. The van der Waals surface area contributed by atoms with Crippen LogP contribution in [0.2, 0.25) is 0 Å². The van der Waals surface area contributed by atoms with Gasteiger partial charge in [0.1, 0.15) is 18.4 Å². The van der Waals surface area contributed by atoms with E-state index in [0.717, 1.165) is 11.3 Å². The van der Waals surface area contributed by atoms with Gasteiger partial charge in [-0.3, -0.25) is 0 Å². The Kier molecular flexibility index (Phi) is 1.45. The van der Waals surface area contributed by atoms with Crippen molar-refractivity contribution in [1.82, 2.24) is 5.32 Å². The van der Waals surface area contributed by atoms with Crippen molar-refractivity contribution in [3.05, 3.63) is 29.8 Å². The minimum atomic E-state index is -0.361. The highest BCUT2D eigenvalue weighted by molar-refractivity contribution is 5.71. The van der Waals surface area contributed by atoms with Crippen LogP contribution in [0, 0.1) is 0 Å². The molecule has 2 atom stereocenters. The molecule has 72 valence electrons. The summed E-state index contributed by atoms with van der Waals surface area (Å²) in [7, 11) is 0. The molecular weight excluding hydrogens is 182 g/mol. The number of nitrogens with one attached hydrogen (secondary N) is 1. The predicted molar refractivity (Wildman–Crippen MR) is 48.1 cm³/mol. The maximum atomic E-state index is 11.0. The van der Waals surface area contributed by atoms with E-state index in [4.69, 9.17) is 9.47 Å². The van der Waals surface area contributed by atoms with Crippen molar-refractivity contribution in [1.29, 1.82) is 0 Å². The number of amides is 1. The van der Waals surface area contributed by atoms with Crippen LogP contribution in [0.4, 0.5) is 4.79 Å². The monoisotopic (exact) mass is 191 g/mol. The summed E-state index contributed by atoms with van der Waals surface area (Å²) >= 11 is 0. The Hall–Kier alpha value is -1.71. The van der Waals surface area contributed by atoms with E-state index in [1.54, 1.807) is 0 Å². The van der Waals surface area contributed by atoms with Crippen LogP contribution in [0.15, 0.2) is 24.3 Å². The Labute approximate surface area is 80.8 Å². The summed E-state index contributed by atoms with van der Waals surface area (Å²) in [6, 6.07) is 7.63. The maximum absolute atomic E-state index is 11.0. The van der Waals surface area contributed by atoms with Gasteiger partial charge in [0.25, 0.3) is 0 Å². The van der Waals surface area contributed by atoms with Gasteiger partial charge >= 0.3 is 6.09 Å². The van der Waals surface area contributed by atoms with Crippen molar-refractivity contribution in [3.8, 4) is 5.75 Å². The smallest absolute Gasteiger partial charge is 0.408 e. The number of ether oxygens (including phenoxy) is 2. The molecule has 0 saturated carbocycles. The molecule has 4 heteroatoms. The standard InChI is InChI=1S/C10H9NO3/c12-10-11-9-6-3-1-2-4-7(6)13-5-8(9)14-10/h1-4,8-9H,5H2,(H,11,12)/t8-,9+/m0/s1. The third-order valence-electron chi connectivity index (χ3n) is 2.56. The average Bonchev–Trinajstić information content (AvgIpc) is 2.59. The van der Waals surface area contributed by atoms with Crippen LogP contribution in [-0.2, 0) is 4.74 Å². The molecule has 1 amide bonds. The number of fused-ring (bicyclic) bond motifs is 3. The van der Waals surface area contributed by atoms with Gasteiger partial charge in [-0.05, 0) is 6.07 Å². The molecule has 1 saturated heterocycles. The second kappa shape index (κ2) is 2.64. The zero-order valence-corrected chi connectivity index (χ0v) is 7.40. The van der Waals surface area contributed by atoms with Crippen LogP contribution in [-0.4, -0.2) is 18.8 Å². The fourth-order valence-corrected chi connectivity index (χ4v) is 1.91. The molecular formula is C10H9NO3. The Morgan fingerprint density at radius 1 is 1.36 bits per heavy atom. The minimum absolute atomic E-state index is 0.0487. The SMILES string of the molecule is O=C1N[C@@H]2c3ccccc3OC[C@@H]2O1. The van der Waals surface area contributed by atoms with Gasteiger partial charge in [0.05, 0.1) is 0 Å². The van der Waals surface area contributed by atoms with Gasteiger partial charge in [-0.25, -0.2) is 4.79 Å². The van der Waals surface area contributed by atoms with E-state index in [9.17, 15) is 4.79 Å². The summed E-state index contributed by atoms with van der Waals surface area (Å²) in [4.78, 5) is 11.0. The van der Waals surface area contributed by atoms with Gasteiger partial charge < -0.3 is 14.8 Å². The van der Waals surface area contributed by atoms with Crippen molar-refractivity contribution in [2.24, 2.45) is 0 Å². The van der Waals surface area contributed by atoms with E-state index in [1.807, 2.05) is 24.3 Å². The molecule has 0 aromatic heterocycles. The third kappa shape index (κ3) is 0.968. The summed E-state index contributed by atoms with van der Waals surface area (Å²) < 4.78 is 10.5. The second-order valence-electron chi connectivity index (χ2n) is 3.41. The summed E-state index contributed by atoms with van der Waals surface area (Å²) in [6.07, 6.45) is -0.544. The van der Waals surface area contributed by atoms with Gasteiger partial charge in [-0.2, -0.15) is 0 Å². The lowest BCUT2D eigenvalue weighted by atomic mass is 9.99. The summed E-state index contributed by atoms with van der Waals surface area (Å²) in [6.45, 7) is 0.431. The van der Waals surface area contributed by atoms with E-state index in [2.05, 4.69) is 5.32 Å². The van der Waals surface area contributed by atoms with Crippen LogP contribution in [0.3, 0.4) is 0 Å². The molecule has 14 heavy (non-hydrogen) atoms. The summed E-state index contributed by atoms with van der Waals surface area (Å²) in [5.41, 5.74) is 0.995. The van der Waals surface area contributed by atoms with E-state index in [-0.39, 0.29) is 18.2 Å². The van der Waals surface area contributed by atoms with E-state index in [0.29, 0.717) is 6.61 Å². The topological polar surface area (TPSA) is 47.6 Å². The van der Waals surface area contributed by atoms with Crippen molar-refractivity contribution < 1.29 is 14.3 Å². The Morgan fingerprint density at radius 3 is 3.14 bits per heavy atom. The van der Waals surface area contributed by atoms with Crippen molar-refractivity contribution in [2.45, 2.75) is 12.1 Å². The van der Waals surface area contributed by atoms with Gasteiger partial charge in [-0.1, -0.05) is 18.2 Å². The fraction of sp³-hybridized carbons (Fsp3) is 0.300. The highest BCUT2D eigenvalue weighted by Crippen LogP contribution is 2.35. The number of benzene rings is 1. The average molecular weight is 191 g/mol. The number of hydrogen-bond donors (Lipinski definition) is 1. The number of alkyl carbamates (subject to hydrolysis) is 1. The maximum Gasteiger partial charge on any atom is 0.408 e. The number of rotatable bonds is 0. The zero-order valence-electron chi connectivity index (χ0n) is 7.40. The number of carbonyl (C=O) groups is 1. The Bertz CT molecular complexity index is 391. The van der Waals surface area contributed by atoms with Crippen molar-refractivity contribution in [2.75, 3.05) is 6.61 Å². The third-order valence-corrected chi connectivity index (χ3v) is 2.56. The number of hydrogen-bond acceptors (Lipinski definition) is 3. The van der Waals surface area contributed by atoms with Crippen LogP contribution in [0.5, 0.6) is 5.75 Å². The van der Waals surface area contributed by atoms with E-state index in [1.165, 1.54) is 0 Å². The van der Waals surface area contributed by atoms with Gasteiger partial charge in [0, 0.05) is 5.56 Å². The van der Waals surface area contributed by atoms with Gasteiger partial charge in [-0.15, -0.1) is 0 Å². The Balaban J connectivity index is 2.05. The molecule has 1 N–H and O–H groups in total. The lowest BCUT2D eigenvalue weighted by molar-refractivity contribution is 0.0804. The fourth-order valence-electron chi connectivity index (χ4n) is 1.91. The lowest BCUT2D eigenvalue weighted by Gasteiger charge is -2.25. The van der Waals surface area contributed by atoms with Gasteiger partial charge in [0.2, 0.25) is 0 Å². The van der Waals surface area contributed by atoms with E-state index < -0.39 is 0 Å². The van der Waals surface area contributed by atoms with Gasteiger partial charge in [0.15, 0.2) is 6.10 Å². The van der Waals surface area contributed by atoms with Crippen molar-refractivity contribution >= 4 is 6.09 Å². The molecule has 1 aromatic carbocycles. The molecule has 1 fully saturated rings. The molecule has 0 aliphatic carbocycles. The first-order valence-corrected chi connectivity index (χ1v) is 4.53. The normalized spacial score (nSPS) is 28.1. The molecule has 4 nitrogen and oxygen atoms in total. The molecule has 0 spiro atoms. The van der Waals surface area contributed by atoms with Crippen LogP contribution in [0.25, 0.3) is 0 Å². The largest absolute Gasteiger partial charge is 0.489 e. The molecule has 0 bridgehead atoms. The first-order valence-electron chi connectivity index (χ1n) is 4.53. The predicted octanol–water partition coefficient (Wildman–Crippen LogP) is 1.23. The van der Waals surface area contributed by atoms with Crippen LogP contribution < -0.4 is 10.1 Å². The highest BCUT2D eigenvalue weighted by atomic mass is 16.6. The molecule has 2 heterocycles. The minimum Gasteiger partial charge on any atom is -0.489 e. The summed E-state index contributed by atoms with van der Waals surface area (Å²) in [5.74, 6) is 0.833. The molecule has 0 radical (unpaired) electrons. The molecule has 2 aliphatic heterocycles. The van der Waals surface area contributed by atoms with E-state index >= 15 is 0 Å². The molecule has 3 rings (SSSR count). The van der Waals surface area contributed by atoms with Crippen LogP contribution >= 0.6 is 0 Å². The Morgan fingerprint density at radius 2 is 2.21 bits per heavy atom. The summed E-state index contributed by atoms with van der Waals surface area (Å²) in [5, 5.41) is 2.77. The first kappa shape index (κ1) is 7.67. The lowest BCUT2D eigenvalue weighted by Crippen LogP contribution is -2.31. The molecule has 0 unspecified atom stereocenters. The zero-order chi connectivity index (χ0) is 9.54. The molecule has 2 aliphatic rings. The molecule has 1 aromatic rings. The number of carbonyl (C=O) groups excluding carboxylic acids is 1. The quantitative estimate of drug-likeness (QED) is 0.670.